The van der Waals surface area contributed by atoms with E-state index in [1.54, 1.807) is 20.8 Å². The summed E-state index contributed by atoms with van der Waals surface area (Å²) in [7, 11) is 0. The van der Waals surface area contributed by atoms with Crippen LogP contribution in [0.4, 0.5) is 13.6 Å². The number of esters is 2. The summed E-state index contributed by atoms with van der Waals surface area (Å²) in [4.78, 5) is 36.6. The Bertz CT molecular complexity index is 678. The number of hydrogen-bond acceptors (Lipinski definition) is 7. The van der Waals surface area contributed by atoms with E-state index in [0.717, 1.165) is 12.8 Å². The first kappa shape index (κ1) is 22.7. The Morgan fingerprint density at radius 3 is 2.10 bits per heavy atom. The number of hydrogen-bond donors (Lipinski definition) is 0. The van der Waals surface area contributed by atoms with Crippen LogP contribution in [0.1, 0.15) is 59.8 Å². The van der Waals surface area contributed by atoms with Crippen LogP contribution < -0.4 is 0 Å². The van der Waals surface area contributed by atoms with E-state index in [1.807, 2.05) is 0 Å². The van der Waals surface area contributed by atoms with Gasteiger partial charge in [0.05, 0.1) is 5.41 Å². The molecule has 0 saturated heterocycles. The predicted molar refractivity (Wildman–Crippen MR) is 99.6 cm³/mol. The lowest BCUT2D eigenvalue weighted by Crippen LogP contribution is -2.57. The second-order valence-corrected chi connectivity index (χ2v) is 10.1. The average molecular weight is 432 g/mol. The normalized spacial score (nSPS) is 32.5. The molecule has 4 bridgehead atoms. The number of alkyl halides is 2. The van der Waals surface area contributed by atoms with E-state index in [4.69, 9.17) is 14.2 Å². The quantitative estimate of drug-likeness (QED) is 0.465. The monoisotopic (exact) mass is 432 g/mol. The zero-order valence-corrected chi connectivity index (χ0v) is 17.9. The molecular weight excluding hydrogens is 402 g/mol. The summed E-state index contributed by atoms with van der Waals surface area (Å²) in [6.07, 6.45) is 1.71. The highest BCUT2D eigenvalue weighted by atomic mass is 19.3. The molecule has 0 aliphatic heterocycles. The van der Waals surface area contributed by atoms with Gasteiger partial charge in [0.2, 0.25) is 0 Å². The fourth-order valence-corrected chi connectivity index (χ4v) is 5.40. The van der Waals surface area contributed by atoms with Gasteiger partial charge < -0.3 is 18.9 Å². The molecule has 0 aromatic heterocycles. The smallest absolute Gasteiger partial charge is 0.457 e. The molecule has 4 saturated carbocycles. The Labute approximate surface area is 174 Å². The lowest BCUT2D eigenvalue weighted by molar-refractivity contribution is -0.191. The van der Waals surface area contributed by atoms with Gasteiger partial charge in [-0.3, -0.25) is 4.79 Å². The van der Waals surface area contributed by atoms with E-state index in [9.17, 15) is 23.2 Å². The lowest BCUT2D eigenvalue weighted by atomic mass is 9.48. The molecule has 9 heteroatoms. The first-order valence-corrected chi connectivity index (χ1v) is 10.4. The third-order valence-electron chi connectivity index (χ3n) is 6.04. The molecule has 170 valence electrons. The van der Waals surface area contributed by atoms with Crippen LogP contribution in [-0.2, 0) is 28.5 Å². The molecule has 7 nitrogen and oxygen atoms in total. The second-order valence-electron chi connectivity index (χ2n) is 10.1. The largest absolute Gasteiger partial charge is 0.508 e. The number of carbonyl (C=O) groups excluding carboxylic acids is 3. The van der Waals surface area contributed by atoms with E-state index in [2.05, 4.69) is 4.74 Å². The van der Waals surface area contributed by atoms with Crippen LogP contribution in [0.25, 0.3) is 0 Å². The molecule has 30 heavy (non-hydrogen) atoms. The third kappa shape index (κ3) is 5.40. The third-order valence-corrected chi connectivity index (χ3v) is 6.04. The highest BCUT2D eigenvalue weighted by Gasteiger charge is 2.60. The number of halogens is 2. The molecule has 4 rings (SSSR count). The molecule has 4 aliphatic rings. The molecule has 0 heterocycles. The standard InChI is InChI=1S/C21H30F2O7/c1-19(2,3)30-15(24)10-27-17(25)21-7-12-5-13(8-21)16(14(6-12)9-21)29-18(26)28-11-20(4,22)23/h12-14,16H,5-11H2,1-4H3. The van der Waals surface area contributed by atoms with Crippen molar-refractivity contribution < 1.29 is 42.1 Å². The Balaban J connectivity index is 1.57. The molecule has 0 radical (unpaired) electrons. The van der Waals surface area contributed by atoms with Crippen molar-refractivity contribution in [2.45, 2.75) is 77.4 Å². The van der Waals surface area contributed by atoms with Gasteiger partial charge >= 0.3 is 18.1 Å². The Kier molecular flexibility index (Phi) is 6.04. The number of carbonyl (C=O) groups is 3. The van der Waals surface area contributed by atoms with Crippen molar-refractivity contribution in [3.63, 3.8) is 0 Å². The maximum Gasteiger partial charge on any atom is 0.508 e. The molecule has 0 aromatic carbocycles. The van der Waals surface area contributed by atoms with Crippen molar-refractivity contribution >= 4 is 18.1 Å². The maximum atomic E-state index is 12.9. The van der Waals surface area contributed by atoms with Gasteiger partial charge in [0.15, 0.2) is 13.2 Å². The molecular formula is C21H30F2O7. The van der Waals surface area contributed by atoms with E-state index >= 15 is 0 Å². The maximum absolute atomic E-state index is 12.9. The van der Waals surface area contributed by atoms with Crippen molar-refractivity contribution in [3.05, 3.63) is 0 Å². The van der Waals surface area contributed by atoms with Crippen molar-refractivity contribution in [1.82, 2.24) is 0 Å². The van der Waals surface area contributed by atoms with E-state index < -0.39 is 54.4 Å². The summed E-state index contributed by atoms with van der Waals surface area (Å²) >= 11 is 0. The minimum absolute atomic E-state index is 0.0555. The van der Waals surface area contributed by atoms with Gasteiger partial charge in [-0.05, 0) is 70.6 Å². The van der Waals surface area contributed by atoms with Gasteiger partial charge in [0.25, 0.3) is 5.92 Å². The van der Waals surface area contributed by atoms with Crippen LogP contribution in [-0.4, -0.2) is 48.9 Å². The van der Waals surface area contributed by atoms with Crippen molar-refractivity contribution in [2.75, 3.05) is 13.2 Å². The number of rotatable bonds is 6. The molecule has 0 spiro atoms. The van der Waals surface area contributed by atoms with E-state index in [1.165, 1.54) is 0 Å². The SMILES string of the molecule is CC(F)(F)COC(=O)OC1C2CC3CC1CC(C(=O)OCC(=O)OC(C)(C)C)(C3)C2. The Morgan fingerprint density at radius 1 is 0.967 bits per heavy atom. The van der Waals surface area contributed by atoms with Crippen molar-refractivity contribution in [2.24, 2.45) is 23.2 Å². The summed E-state index contributed by atoms with van der Waals surface area (Å²) in [5, 5.41) is 0. The minimum Gasteiger partial charge on any atom is -0.457 e. The van der Waals surface area contributed by atoms with Crippen LogP contribution >= 0.6 is 0 Å². The molecule has 0 N–H and O–H groups in total. The first-order chi connectivity index (χ1) is 13.8. The molecule has 4 aliphatic carbocycles. The van der Waals surface area contributed by atoms with E-state index in [0.29, 0.717) is 32.1 Å². The van der Waals surface area contributed by atoms with Gasteiger partial charge in [0, 0.05) is 6.92 Å². The van der Waals surface area contributed by atoms with Crippen LogP contribution in [0.3, 0.4) is 0 Å². The molecule has 2 atom stereocenters. The summed E-state index contributed by atoms with van der Waals surface area (Å²) in [6, 6.07) is 0. The van der Waals surface area contributed by atoms with Crippen molar-refractivity contribution in [1.29, 1.82) is 0 Å². The van der Waals surface area contributed by atoms with Crippen LogP contribution in [0, 0.1) is 23.2 Å². The van der Waals surface area contributed by atoms with Gasteiger partial charge in [0.1, 0.15) is 11.7 Å². The average Bonchev–Trinajstić information content (AvgIpc) is 2.58. The first-order valence-electron chi connectivity index (χ1n) is 10.4. The summed E-state index contributed by atoms with van der Waals surface area (Å²) in [5.74, 6) is -3.94. The zero-order chi connectivity index (χ0) is 22.3. The van der Waals surface area contributed by atoms with Gasteiger partial charge in [-0.2, -0.15) is 0 Å². The minimum atomic E-state index is -3.12. The summed E-state index contributed by atoms with van der Waals surface area (Å²) in [6.45, 7) is 4.40. The molecule has 0 aromatic rings. The molecule has 0 amide bonds. The Hall–Kier alpha value is -1.93. The highest BCUT2D eigenvalue weighted by Crippen LogP contribution is 2.61. The fourth-order valence-electron chi connectivity index (χ4n) is 5.40. The molecule has 2 unspecified atom stereocenters. The lowest BCUT2D eigenvalue weighted by Gasteiger charge is -2.57. The topological polar surface area (TPSA) is 88.1 Å². The van der Waals surface area contributed by atoms with Crippen molar-refractivity contribution in [3.8, 4) is 0 Å². The van der Waals surface area contributed by atoms with Crippen LogP contribution in [0.5, 0.6) is 0 Å². The predicted octanol–water partition coefficient (Wildman–Crippen LogP) is 3.87. The number of ether oxygens (including phenoxy) is 4. The van der Waals surface area contributed by atoms with E-state index in [-0.39, 0.29) is 11.8 Å². The van der Waals surface area contributed by atoms with Gasteiger partial charge in [-0.25, -0.2) is 18.4 Å². The van der Waals surface area contributed by atoms with Crippen LogP contribution in [0.15, 0.2) is 0 Å². The zero-order valence-electron chi connectivity index (χ0n) is 17.9. The Morgan fingerprint density at radius 2 is 1.57 bits per heavy atom. The fraction of sp³-hybridized carbons (Fsp3) is 0.857. The highest BCUT2D eigenvalue weighted by molar-refractivity contribution is 5.81. The van der Waals surface area contributed by atoms with Gasteiger partial charge in [-0.15, -0.1) is 0 Å². The van der Waals surface area contributed by atoms with Crippen LogP contribution in [0.2, 0.25) is 0 Å². The second kappa shape index (κ2) is 7.96. The molecule has 4 fully saturated rings. The summed E-state index contributed by atoms with van der Waals surface area (Å²) in [5.41, 5.74) is -1.36. The summed E-state index contributed by atoms with van der Waals surface area (Å²) < 4.78 is 46.2. The van der Waals surface area contributed by atoms with Gasteiger partial charge in [-0.1, -0.05) is 0 Å².